The monoisotopic (exact) mass is 418 g/mol. The van der Waals surface area contributed by atoms with Gasteiger partial charge in [-0.1, -0.05) is 31.1 Å². The van der Waals surface area contributed by atoms with Gasteiger partial charge in [-0.2, -0.15) is 0 Å². The normalized spacial score (nSPS) is 39.5. The van der Waals surface area contributed by atoms with Crippen molar-refractivity contribution >= 4 is 18.1 Å². The van der Waals surface area contributed by atoms with Gasteiger partial charge in [-0.3, -0.25) is 4.79 Å². The Labute approximate surface area is 176 Å². The van der Waals surface area contributed by atoms with Gasteiger partial charge in [0.2, 0.25) is 0 Å². The molecule has 0 aromatic rings. The third kappa shape index (κ3) is 3.13. The minimum atomic E-state index is -0.727. The molecule has 0 bridgehead atoms. The van der Waals surface area contributed by atoms with E-state index in [1.54, 1.807) is 0 Å². The zero-order valence-electron chi connectivity index (χ0n) is 18.1. The van der Waals surface area contributed by atoms with Crippen LogP contribution in [0.5, 0.6) is 0 Å². The molecule has 0 radical (unpaired) electrons. The third-order valence-electron chi connectivity index (χ3n) is 7.98. The van der Waals surface area contributed by atoms with Crippen LogP contribution in [0.3, 0.4) is 0 Å². The second-order valence-electron chi connectivity index (χ2n) is 9.37. The molecule has 4 aliphatic carbocycles. The number of ether oxygens (including phenoxy) is 4. The van der Waals surface area contributed by atoms with Gasteiger partial charge in [0, 0.05) is 29.6 Å². The van der Waals surface area contributed by atoms with E-state index in [0.717, 1.165) is 31.3 Å². The Hall–Kier alpha value is -2.31. The first-order valence-electron chi connectivity index (χ1n) is 10.7. The van der Waals surface area contributed by atoms with Crippen molar-refractivity contribution in [3.63, 3.8) is 0 Å². The molecule has 2 fully saturated rings. The summed E-state index contributed by atoms with van der Waals surface area (Å²) in [4.78, 5) is 36.3. The molecule has 2 saturated carbocycles. The first-order chi connectivity index (χ1) is 14.2. The average Bonchev–Trinajstić information content (AvgIpc) is 3.03. The number of fused-ring (bicyclic) bond motifs is 5. The first kappa shape index (κ1) is 20.9. The van der Waals surface area contributed by atoms with Crippen LogP contribution >= 0.6 is 0 Å². The Morgan fingerprint density at radius 1 is 1.07 bits per heavy atom. The van der Waals surface area contributed by atoms with E-state index < -0.39 is 23.8 Å². The number of rotatable bonds is 2. The molecule has 0 spiro atoms. The van der Waals surface area contributed by atoms with Crippen LogP contribution in [0.2, 0.25) is 0 Å². The second-order valence-corrected chi connectivity index (χ2v) is 9.37. The summed E-state index contributed by atoms with van der Waals surface area (Å²) in [5.74, 6) is 0.397. The van der Waals surface area contributed by atoms with Gasteiger partial charge in [0.25, 0.3) is 0 Å². The van der Waals surface area contributed by atoms with Crippen molar-refractivity contribution in [3.8, 4) is 0 Å². The number of Topliss-reactive ketones (excluding diaryl/α,β-unsaturated/α-hetero) is 1. The van der Waals surface area contributed by atoms with Crippen LogP contribution < -0.4 is 0 Å². The highest BCUT2D eigenvalue weighted by Gasteiger charge is 2.58. The summed E-state index contributed by atoms with van der Waals surface area (Å²) in [6, 6.07) is 0. The van der Waals surface area contributed by atoms with Crippen molar-refractivity contribution in [2.45, 2.75) is 64.6 Å². The van der Waals surface area contributed by atoms with Crippen LogP contribution in [0.4, 0.5) is 9.59 Å². The highest BCUT2D eigenvalue weighted by Crippen LogP contribution is 2.62. The number of hydrogen-bond donors (Lipinski definition) is 0. The third-order valence-corrected chi connectivity index (χ3v) is 7.98. The molecule has 164 valence electrons. The summed E-state index contributed by atoms with van der Waals surface area (Å²) in [6.07, 6.45) is 6.28. The van der Waals surface area contributed by atoms with Gasteiger partial charge in [-0.15, -0.1) is 0 Å². The number of allylic oxidation sites excluding steroid dienone is 1. The zero-order chi connectivity index (χ0) is 21.7. The second kappa shape index (κ2) is 7.43. The summed E-state index contributed by atoms with van der Waals surface area (Å²) in [5.41, 5.74) is 1.76. The maximum atomic E-state index is 12.7. The van der Waals surface area contributed by atoms with Crippen LogP contribution in [0, 0.1) is 22.7 Å². The van der Waals surface area contributed by atoms with E-state index in [1.807, 2.05) is 6.08 Å². The fourth-order valence-corrected chi connectivity index (χ4v) is 6.23. The Morgan fingerprint density at radius 2 is 1.77 bits per heavy atom. The molecule has 0 saturated heterocycles. The molecule has 7 heteroatoms. The Kier molecular flexibility index (Phi) is 5.19. The van der Waals surface area contributed by atoms with E-state index in [4.69, 9.17) is 14.2 Å². The average molecular weight is 418 g/mol. The van der Waals surface area contributed by atoms with Gasteiger partial charge < -0.3 is 18.9 Å². The molecule has 4 rings (SSSR count). The molecular formula is C23H30O7. The maximum Gasteiger partial charge on any atom is 0.508 e. The van der Waals surface area contributed by atoms with Gasteiger partial charge in [0.15, 0.2) is 0 Å². The first-order valence-corrected chi connectivity index (χ1v) is 10.7. The summed E-state index contributed by atoms with van der Waals surface area (Å²) < 4.78 is 20.5. The molecule has 0 aliphatic heterocycles. The van der Waals surface area contributed by atoms with Crippen molar-refractivity contribution in [1.82, 2.24) is 0 Å². The Morgan fingerprint density at radius 3 is 2.47 bits per heavy atom. The van der Waals surface area contributed by atoms with Crippen molar-refractivity contribution in [2.24, 2.45) is 22.7 Å². The van der Waals surface area contributed by atoms with Gasteiger partial charge in [-0.25, -0.2) is 9.59 Å². The van der Waals surface area contributed by atoms with E-state index in [1.165, 1.54) is 19.8 Å². The minimum absolute atomic E-state index is 0.0406. The highest BCUT2D eigenvalue weighted by atomic mass is 16.7. The molecule has 6 atom stereocenters. The van der Waals surface area contributed by atoms with Crippen LogP contribution in [-0.2, 0) is 23.7 Å². The van der Waals surface area contributed by atoms with Crippen LogP contribution in [-0.4, -0.2) is 44.5 Å². The zero-order valence-corrected chi connectivity index (χ0v) is 18.1. The molecule has 0 aromatic heterocycles. The van der Waals surface area contributed by atoms with Gasteiger partial charge >= 0.3 is 12.3 Å². The molecule has 0 N–H and O–H groups in total. The number of ketones is 1. The summed E-state index contributed by atoms with van der Waals surface area (Å²) >= 11 is 0. The van der Waals surface area contributed by atoms with Crippen LogP contribution in [0.1, 0.15) is 52.4 Å². The predicted molar refractivity (Wildman–Crippen MR) is 107 cm³/mol. The highest BCUT2D eigenvalue weighted by molar-refractivity contribution is 5.87. The molecule has 4 aliphatic rings. The number of methoxy groups -OCH3 is 2. The van der Waals surface area contributed by atoms with E-state index in [9.17, 15) is 14.4 Å². The molecule has 0 heterocycles. The summed E-state index contributed by atoms with van der Waals surface area (Å²) in [5, 5.41) is 0. The molecule has 7 nitrogen and oxygen atoms in total. The summed E-state index contributed by atoms with van der Waals surface area (Å²) in [6.45, 7) is 4.28. The van der Waals surface area contributed by atoms with Crippen molar-refractivity contribution in [1.29, 1.82) is 0 Å². The Bertz CT molecular complexity index is 827. The van der Waals surface area contributed by atoms with E-state index in [2.05, 4.69) is 24.7 Å². The van der Waals surface area contributed by atoms with Gasteiger partial charge in [-0.05, 0) is 37.7 Å². The predicted octanol–water partition coefficient (Wildman–Crippen LogP) is 4.35. The fraction of sp³-hybridized carbons (Fsp3) is 0.696. The largest absolute Gasteiger partial charge is 0.508 e. The van der Waals surface area contributed by atoms with Crippen molar-refractivity contribution < 1.29 is 33.3 Å². The lowest BCUT2D eigenvalue weighted by atomic mass is 9.52. The van der Waals surface area contributed by atoms with Gasteiger partial charge in [0.1, 0.15) is 18.0 Å². The molecular weight excluding hydrogens is 388 g/mol. The lowest BCUT2D eigenvalue weighted by molar-refractivity contribution is -0.127. The molecule has 30 heavy (non-hydrogen) atoms. The maximum absolute atomic E-state index is 12.7. The minimum Gasteiger partial charge on any atom is -0.438 e. The van der Waals surface area contributed by atoms with E-state index in [-0.39, 0.29) is 23.4 Å². The smallest absolute Gasteiger partial charge is 0.438 e. The standard InChI is InChI=1S/C23H30O7/c1-22-9-7-14(29-20(25)27-3)11-13(22)12-17(30-21(26)28-4)19-15-5-6-18(24)23(15,2)10-8-16(19)22/h8,12,14-15,17,19H,5-7,9-11H2,1-4H3/t14-,15?,17-,19?,22-,23-/m0/s1. The van der Waals surface area contributed by atoms with Gasteiger partial charge in [0.05, 0.1) is 14.2 Å². The van der Waals surface area contributed by atoms with Crippen LogP contribution in [0.15, 0.2) is 23.3 Å². The molecule has 2 unspecified atom stereocenters. The number of carbonyl (C=O) groups excluding carboxylic acids is 3. The SMILES string of the molecule is COC(=O)O[C@H]1CC[C@@]2(C)C(=C[C@H](OC(=O)OC)C3C2=CC[C@]2(C)C(=O)CCC32)C1. The number of hydrogen-bond acceptors (Lipinski definition) is 7. The van der Waals surface area contributed by atoms with Crippen molar-refractivity contribution in [3.05, 3.63) is 23.3 Å². The number of carbonyl (C=O) groups is 3. The lowest BCUT2D eigenvalue weighted by Crippen LogP contribution is -2.50. The Balaban J connectivity index is 1.72. The lowest BCUT2D eigenvalue weighted by Gasteiger charge is -2.53. The topological polar surface area (TPSA) is 88.1 Å². The summed E-state index contributed by atoms with van der Waals surface area (Å²) in [7, 11) is 2.59. The van der Waals surface area contributed by atoms with E-state index in [0.29, 0.717) is 18.6 Å². The molecule has 0 aromatic carbocycles. The fourth-order valence-electron chi connectivity index (χ4n) is 6.23. The van der Waals surface area contributed by atoms with Crippen LogP contribution in [0.25, 0.3) is 0 Å². The van der Waals surface area contributed by atoms with Crippen molar-refractivity contribution in [2.75, 3.05) is 14.2 Å². The quantitative estimate of drug-likeness (QED) is 0.486. The van der Waals surface area contributed by atoms with E-state index >= 15 is 0 Å². The molecule has 0 amide bonds.